The maximum absolute atomic E-state index is 11.2. The summed E-state index contributed by atoms with van der Waals surface area (Å²) in [7, 11) is 1.49. The number of amides is 1. The van der Waals surface area contributed by atoms with Crippen molar-refractivity contribution in [3.05, 3.63) is 28.8 Å². The number of carboxylic acids is 1. The molecule has 0 aliphatic heterocycles. The van der Waals surface area contributed by atoms with Crippen molar-refractivity contribution < 1.29 is 19.4 Å². The molecule has 1 aromatic carbocycles. The number of hydrogen-bond acceptors (Lipinski definition) is 3. The Balaban J connectivity index is 2.90. The Hall–Kier alpha value is -1.75. The van der Waals surface area contributed by atoms with Crippen LogP contribution in [0.1, 0.15) is 17.3 Å². The summed E-state index contributed by atoms with van der Waals surface area (Å²) >= 11 is 5.70. The monoisotopic (exact) mass is 257 g/mol. The van der Waals surface area contributed by atoms with E-state index in [1.807, 2.05) is 0 Å². The van der Waals surface area contributed by atoms with E-state index >= 15 is 0 Å². The van der Waals surface area contributed by atoms with Crippen LogP contribution >= 0.6 is 11.6 Å². The number of hydrogen-bond donors (Lipinski definition) is 2. The van der Waals surface area contributed by atoms with Crippen LogP contribution in [0.5, 0.6) is 5.75 Å². The summed E-state index contributed by atoms with van der Waals surface area (Å²) in [5.74, 6) is -1.16. The fourth-order valence-corrected chi connectivity index (χ4v) is 1.40. The molecule has 0 saturated heterocycles. The summed E-state index contributed by atoms with van der Waals surface area (Å²) in [5, 5.41) is 11.4. The second-order valence-electron chi connectivity index (χ2n) is 3.32. The lowest BCUT2D eigenvalue weighted by Gasteiger charge is -2.13. The quantitative estimate of drug-likeness (QED) is 0.858. The van der Waals surface area contributed by atoms with Crippen molar-refractivity contribution >= 4 is 23.5 Å². The van der Waals surface area contributed by atoms with E-state index in [4.69, 9.17) is 21.4 Å². The Kier molecular flexibility index (Phi) is 4.34. The maximum Gasteiger partial charge on any atom is 0.337 e. The van der Waals surface area contributed by atoms with E-state index in [1.165, 1.54) is 25.2 Å². The molecule has 0 aromatic heterocycles. The largest absolute Gasteiger partial charge is 0.481 e. The van der Waals surface area contributed by atoms with Crippen LogP contribution in [0.3, 0.4) is 0 Å². The van der Waals surface area contributed by atoms with Crippen molar-refractivity contribution in [1.29, 1.82) is 0 Å². The Labute approximate surface area is 103 Å². The molecular weight excluding hydrogens is 246 g/mol. The van der Waals surface area contributed by atoms with Gasteiger partial charge in [0.15, 0.2) is 6.10 Å². The number of ether oxygens (including phenoxy) is 1. The van der Waals surface area contributed by atoms with Gasteiger partial charge < -0.3 is 15.2 Å². The van der Waals surface area contributed by atoms with Gasteiger partial charge in [0.25, 0.3) is 5.91 Å². The molecule has 0 radical (unpaired) electrons. The molecule has 0 aliphatic carbocycles. The lowest BCUT2D eigenvalue weighted by molar-refractivity contribution is -0.126. The van der Waals surface area contributed by atoms with E-state index in [2.05, 4.69) is 5.32 Å². The predicted molar refractivity (Wildman–Crippen MR) is 62.6 cm³/mol. The standard InChI is InChI=1S/C11H12ClNO4/c1-6(10(14)13-2)17-7-3-4-9(12)8(5-7)11(15)16/h3-6H,1-2H3,(H,13,14)(H,15,16). The molecule has 1 aromatic rings. The van der Waals surface area contributed by atoms with Crippen molar-refractivity contribution in [1.82, 2.24) is 5.32 Å². The van der Waals surface area contributed by atoms with Crippen LogP contribution in [-0.2, 0) is 4.79 Å². The van der Waals surface area contributed by atoms with Gasteiger partial charge in [0, 0.05) is 7.05 Å². The molecule has 0 aliphatic rings. The van der Waals surface area contributed by atoms with Crippen LogP contribution in [0.15, 0.2) is 18.2 Å². The predicted octanol–water partition coefficient (Wildman–Crippen LogP) is 1.55. The van der Waals surface area contributed by atoms with Gasteiger partial charge in [-0.05, 0) is 25.1 Å². The smallest absolute Gasteiger partial charge is 0.337 e. The number of likely N-dealkylation sites (N-methyl/N-ethyl adjacent to an activating group) is 1. The average Bonchev–Trinajstić information content (AvgIpc) is 2.30. The SMILES string of the molecule is CNC(=O)C(C)Oc1ccc(Cl)c(C(=O)O)c1. The zero-order valence-corrected chi connectivity index (χ0v) is 10.1. The highest BCUT2D eigenvalue weighted by Crippen LogP contribution is 2.22. The van der Waals surface area contributed by atoms with Crippen molar-refractivity contribution in [2.24, 2.45) is 0 Å². The maximum atomic E-state index is 11.2. The third kappa shape index (κ3) is 3.35. The highest BCUT2D eigenvalue weighted by molar-refractivity contribution is 6.33. The molecule has 6 heteroatoms. The van der Waals surface area contributed by atoms with Gasteiger partial charge in [-0.25, -0.2) is 4.79 Å². The number of carboxylic acid groups (broad SMARTS) is 1. The van der Waals surface area contributed by atoms with Gasteiger partial charge in [0.2, 0.25) is 0 Å². The molecule has 1 unspecified atom stereocenters. The first-order valence-corrected chi connectivity index (χ1v) is 5.24. The minimum absolute atomic E-state index is 0.0618. The van der Waals surface area contributed by atoms with Crippen LogP contribution in [0.2, 0.25) is 5.02 Å². The van der Waals surface area contributed by atoms with Crippen LogP contribution < -0.4 is 10.1 Å². The molecule has 0 saturated carbocycles. The van der Waals surface area contributed by atoms with E-state index in [9.17, 15) is 9.59 Å². The third-order valence-electron chi connectivity index (χ3n) is 2.10. The molecule has 2 N–H and O–H groups in total. The lowest BCUT2D eigenvalue weighted by atomic mass is 10.2. The molecule has 1 amide bonds. The average molecular weight is 258 g/mol. The van der Waals surface area contributed by atoms with Gasteiger partial charge >= 0.3 is 5.97 Å². The van der Waals surface area contributed by atoms with E-state index in [-0.39, 0.29) is 22.2 Å². The Morgan fingerprint density at radius 2 is 2.12 bits per heavy atom. The molecule has 1 rings (SSSR count). The van der Waals surface area contributed by atoms with Crippen molar-refractivity contribution in [3.8, 4) is 5.75 Å². The van der Waals surface area contributed by atoms with Crippen LogP contribution in [-0.4, -0.2) is 30.1 Å². The van der Waals surface area contributed by atoms with E-state index < -0.39 is 12.1 Å². The summed E-state index contributed by atoms with van der Waals surface area (Å²) in [6, 6.07) is 4.20. The molecule has 5 nitrogen and oxygen atoms in total. The minimum atomic E-state index is -1.15. The van der Waals surface area contributed by atoms with Gasteiger partial charge in [-0.2, -0.15) is 0 Å². The van der Waals surface area contributed by atoms with Gasteiger partial charge in [0.1, 0.15) is 5.75 Å². The summed E-state index contributed by atoms with van der Waals surface area (Å²) in [6.07, 6.45) is -0.706. The number of aromatic carboxylic acids is 1. The fourth-order valence-electron chi connectivity index (χ4n) is 1.20. The molecule has 0 bridgehead atoms. The number of benzene rings is 1. The second-order valence-corrected chi connectivity index (χ2v) is 3.73. The summed E-state index contributed by atoms with van der Waals surface area (Å²) in [6.45, 7) is 1.56. The first kappa shape index (κ1) is 13.3. The highest BCUT2D eigenvalue weighted by atomic mass is 35.5. The van der Waals surface area contributed by atoms with Gasteiger partial charge in [-0.15, -0.1) is 0 Å². The van der Waals surface area contributed by atoms with Gasteiger partial charge in [-0.3, -0.25) is 4.79 Å². The first-order valence-electron chi connectivity index (χ1n) is 4.86. The second kappa shape index (κ2) is 5.54. The van der Waals surface area contributed by atoms with E-state index in [0.717, 1.165) is 0 Å². The fraction of sp³-hybridized carbons (Fsp3) is 0.273. The van der Waals surface area contributed by atoms with Crippen LogP contribution in [0, 0.1) is 0 Å². The van der Waals surface area contributed by atoms with Crippen molar-refractivity contribution in [2.75, 3.05) is 7.05 Å². The Morgan fingerprint density at radius 3 is 2.65 bits per heavy atom. The van der Waals surface area contributed by atoms with Gasteiger partial charge in [-0.1, -0.05) is 11.6 Å². The normalized spacial score (nSPS) is 11.7. The first-order chi connectivity index (χ1) is 7.95. The zero-order valence-electron chi connectivity index (χ0n) is 9.36. The van der Waals surface area contributed by atoms with Gasteiger partial charge in [0.05, 0.1) is 10.6 Å². The Morgan fingerprint density at radius 1 is 1.47 bits per heavy atom. The zero-order chi connectivity index (χ0) is 13.0. The molecule has 17 heavy (non-hydrogen) atoms. The van der Waals surface area contributed by atoms with Crippen molar-refractivity contribution in [3.63, 3.8) is 0 Å². The summed E-state index contributed by atoms with van der Waals surface area (Å²) in [4.78, 5) is 22.1. The number of halogens is 1. The molecule has 0 fully saturated rings. The third-order valence-corrected chi connectivity index (χ3v) is 2.43. The highest BCUT2D eigenvalue weighted by Gasteiger charge is 2.15. The van der Waals surface area contributed by atoms with E-state index in [0.29, 0.717) is 0 Å². The molecule has 0 heterocycles. The van der Waals surface area contributed by atoms with Crippen LogP contribution in [0.4, 0.5) is 0 Å². The molecular formula is C11H12ClNO4. The molecule has 1 atom stereocenters. The van der Waals surface area contributed by atoms with Crippen LogP contribution in [0.25, 0.3) is 0 Å². The molecule has 92 valence electrons. The van der Waals surface area contributed by atoms with Crippen molar-refractivity contribution in [2.45, 2.75) is 13.0 Å². The summed E-state index contributed by atoms with van der Waals surface area (Å²) < 4.78 is 5.28. The summed E-state index contributed by atoms with van der Waals surface area (Å²) in [5.41, 5.74) is -0.0618. The minimum Gasteiger partial charge on any atom is -0.481 e. The topological polar surface area (TPSA) is 75.6 Å². The molecule has 0 spiro atoms. The lowest BCUT2D eigenvalue weighted by Crippen LogP contribution is -2.33. The number of nitrogens with one attached hydrogen (secondary N) is 1. The number of carbonyl (C=O) groups is 2. The van der Waals surface area contributed by atoms with E-state index in [1.54, 1.807) is 6.92 Å². The number of rotatable bonds is 4. The Bertz CT molecular complexity index is 447. The number of carbonyl (C=O) groups excluding carboxylic acids is 1.